The summed E-state index contributed by atoms with van der Waals surface area (Å²) < 4.78 is 0. The number of fused-ring (bicyclic) bond motifs is 3. The number of phenolic OH excluding ortho intramolecular Hbond substituents is 1. The molecule has 0 spiro atoms. The minimum absolute atomic E-state index is 0.155. The van der Waals surface area contributed by atoms with Crippen molar-refractivity contribution in [1.82, 2.24) is 0 Å². The number of benzene rings is 1. The second-order valence-electron chi connectivity index (χ2n) is 8.72. The first-order chi connectivity index (χ1) is 14.3. The van der Waals surface area contributed by atoms with Crippen LogP contribution in [0, 0.1) is 18.8 Å². The molecule has 0 saturated heterocycles. The van der Waals surface area contributed by atoms with E-state index >= 15 is 0 Å². The summed E-state index contributed by atoms with van der Waals surface area (Å²) in [5, 5.41) is 54.8. The van der Waals surface area contributed by atoms with Gasteiger partial charge >= 0.3 is 0 Å². The summed E-state index contributed by atoms with van der Waals surface area (Å²) in [7, 11) is 0. The molecule has 0 heterocycles. The maximum absolute atomic E-state index is 13.5. The zero-order valence-electron chi connectivity index (χ0n) is 17.1. The molecular weight excluding hydrogens is 406 g/mol. The molecule has 1 aromatic carbocycles. The van der Waals surface area contributed by atoms with Gasteiger partial charge in [0.1, 0.15) is 22.8 Å². The van der Waals surface area contributed by atoms with Gasteiger partial charge in [0.25, 0.3) is 0 Å². The minimum Gasteiger partial charge on any atom is -0.508 e. The van der Waals surface area contributed by atoms with Crippen molar-refractivity contribution in [3.63, 3.8) is 0 Å². The maximum atomic E-state index is 13.5. The molecule has 1 saturated carbocycles. The number of Topliss-reactive ketones (excluding diaryl/α,β-unsaturated/α-hetero) is 3. The third kappa shape index (κ3) is 2.39. The Kier molecular flexibility index (Phi) is 4.28. The Balaban J connectivity index is 2.05. The Morgan fingerprint density at radius 1 is 1.16 bits per heavy atom. The Bertz CT molecular complexity index is 1140. The van der Waals surface area contributed by atoms with Crippen molar-refractivity contribution in [3.8, 4) is 5.75 Å². The number of aryl methyl sites for hydroxylation is 1. The Morgan fingerprint density at radius 2 is 1.77 bits per heavy atom. The monoisotopic (exact) mass is 429 g/mol. The van der Waals surface area contributed by atoms with Gasteiger partial charge in [0.15, 0.2) is 17.2 Å². The number of aliphatic hydroxyl groups excluding tert-OH is 2. The molecule has 31 heavy (non-hydrogen) atoms. The first kappa shape index (κ1) is 21.2. The van der Waals surface area contributed by atoms with Crippen LogP contribution < -0.4 is 5.73 Å². The van der Waals surface area contributed by atoms with Crippen LogP contribution in [0.2, 0.25) is 0 Å². The van der Waals surface area contributed by atoms with Crippen LogP contribution in [0.5, 0.6) is 5.75 Å². The normalized spacial score (nSPS) is 35.0. The fraction of sp³-hybridized carbons (Fsp3) is 0.409. The summed E-state index contributed by atoms with van der Waals surface area (Å²) in [4.78, 5) is 38.1. The van der Waals surface area contributed by atoms with E-state index in [1.807, 2.05) is 0 Å². The average Bonchev–Trinajstić information content (AvgIpc) is 2.68. The molecule has 164 valence electrons. The molecule has 0 aliphatic heterocycles. The van der Waals surface area contributed by atoms with E-state index in [1.54, 1.807) is 13.0 Å². The number of ketones is 3. The summed E-state index contributed by atoms with van der Waals surface area (Å²) in [6.07, 6.45) is -0.245. The molecule has 0 bridgehead atoms. The lowest BCUT2D eigenvalue weighted by molar-refractivity contribution is -0.154. The zero-order valence-corrected chi connectivity index (χ0v) is 17.1. The first-order valence-corrected chi connectivity index (χ1v) is 9.78. The third-order valence-corrected chi connectivity index (χ3v) is 6.99. The number of phenols is 1. The number of nitrogens with two attached hydrogens (primary N) is 1. The number of hydrogen-bond donors (Lipinski definition) is 6. The van der Waals surface area contributed by atoms with Gasteiger partial charge in [0.2, 0.25) is 5.78 Å². The molecule has 7 N–H and O–H groups in total. The summed E-state index contributed by atoms with van der Waals surface area (Å²) in [5.74, 6) is -7.50. The van der Waals surface area contributed by atoms with E-state index in [2.05, 4.69) is 0 Å². The molecule has 0 radical (unpaired) electrons. The number of carbonyl (C=O) groups is 3. The van der Waals surface area contributed by atoms with Gasteiger partial charge < -0.3 is 31.3 Å². The molecule has 0 amide bonds. The fourth-order valence-corrected chi connectivity index (χ4v) is 5.22. The van der Waals surface area contributed by atoms with E-state index in [9.17, 15) is 39.9 Å². The smallest absolute Gasteiger partial charge is 0.202 e. The van der Waals surface area contributed by atoms with E-state index in [4.69, 9.17) is 5.73 Å². The zero-order chi connectivity index (χ0) is 23.2. The Hall–Kier alpha value is -3.01. The second kappa shape index (κ2) is 6.25. The van der Waals surface area contributed by atoms with Gasteiger partial charge in [0.05, 0.1) is 17.2 Å². The lowest BCUT2D eigenvalue weighted by Gasteiger charge is -2.51. The van der Waals surface area contributed by atoms with Crippen LogP contribution >= 0.6 is 0 Å². The van der Waals surface area contributed by atoms with Crippen molar-refractivity contribution in [1.29, 1.82) is 0 Å². The Morgan fingerprint density at radius 3 is 2.35 bits per heavy atom. The third-order valence-electron chi connectivity index (χ3n) is 6.99. The highest BCUT2D eigenvalue weighted by molar-refractivity contribution is 6.24. The standard InChI is InChI=1S/C22H23NO8/c1-7-4-5-9-13(16(7)25)17(26)14-10(21(9,3)30)6-11-15(23)18(27)12(8(2)24)19(28)22(11,31)20(14)29/h4-5,10-11,15,25-26,28,30-31H,6,23H2,1-3H3/t10?,11?,15-,21-,22+/m0/s1. The van der Waals surface area contributed by atoms with Crippen LogP contribution in [0.25, 0.3) is 5.76 Å². The maximum Gasteiger partial charge on any atom is 0.202 e. The molecule has 1 aromatic rings. The largest absolute Gasteiger partial charge is 0.508 e. The lowest BCUT2D eigenvalue weighted by atomic mass is 9.54. The summed E-state index contributed by atoms with van der Waals surface area (Å²) in [6.45, 7) is 3.96. The number of aromatic hydroxyl groups is 1. The van der Waals surface area contributed by atoms with Gasteiger partial charge in [0, 0.05) is 17.4 Å². The lowest BCUT2D eigenvalue weighted by Crippen LogP contribution is -2.66. The highest BCUT2D eigenvalue weighted by atomic mass is 16.3. The predicted octanol–water partition coefficient (Wildman–Crippen LogP) is 0.438. The molecular formula is C22H23NO8. The second-order valence-corrected chi connectivity index (χ2v) is 8.72. The molecule has 4 rings (SSSR count). The van der Waals surface area contributed by atoms with Crippen molar-refractivity contribution in [2.24, 2.45) is 17.6 Å². The molecule has 9 heteroatoms. The summed E-state index contributed by atoms with van der Waals surface area (Å²) >= 11 is 0. The number of carbonyl (C=O) groups excluding carboxylic acids is 3. The highest BCUT2D eigenvalue weighted by Crippen LogP contribution is 2.56. The minimum atomic E-state index is -2.73. The molecule has 0 aromatic heterocycles. The van der Waals surface area contributed by atoms with Crippen molar-refractivity contribution in [2.45, 2.75) is 44.4 Å². The molecule has 9 nitrogen and oxygen atoms in total. The van der Waals surface area contributed by atoms with E-state index in [0.717, 1.165) is 6.92 Å². The van der Waals surface area contributed by atoms with Gasteiger partial charge in [-0.1, -0.05) is 12.1 Å². The van der Waals surface area contributed by atoms with E-state index in [0.29, 0.717) is 5.56 Å². The van der Waals surface area contributed by atoms with E-state index < -0.39 is 69.1 Å². The van der Waals surface area contributed by atoms with Gasteiger partial charge in [-0.05, 0) is 38.3 Å². The van der Waals surface area contributed by atoms with Crippen molar-refractivity contribution < 1.29 is 39.9 Å². The average molecular weight is 429 g/mol. The van der Waals surface area contributed by atoms with Crippen LogP contribution in [0.15, 0.2) is 29.0 Å². The Labute approximate surface area is 177 Å². The molecule has 3 aliphatic rings. The number of rotatable bonds is 1. The number of aliphatic hydroxyl groups is 4. The van der Waals surface area contributed by atoms with Crippen molar-refractivity contribution in [2.75, 3.05) is 0 Å². The molecule has 3 aliphatic carbocycles. The van der Waals surface area contributed by atoms with Crippen LogP contribution in [-0.4, -0.2) is 54.5 Å². The molecule has 2 unspecified atom stereocenters. The SMILES string of the molecule is CC(=O)C1=C(O)[C@@]2(O)C(=O)C3=C(O)c4c(ccc(C)c4O)[C@](C)(O)C3CC2[C@H](N)C1=O. The van der Waals surface area contributed by atoms with Crippen LogP contribution in [0.1, 0.15) is 37.0 Å². The van der Waals surface area contributed by atoms with Gasteiger partial charge in [-0.25, -0.2) is 0 Å². The predicted molar refractivity (Wildman–Crippen MR) is 107 cm³/mol. The van der Waals surface area contributed by atoms with E-state index in [1.165, 1.54) is 13.0 Å². The summed E-state index contributed by atoms with van der Waals surface area (Å²) in [6, 6.07) is 1.57. The quantitative estimate of drug-likeness (QED) is 0.345. The summed E-state index contributed by atoms with van der Waals surface area (Å²) in [5.41, 5.74) is 0.705. The van der Waals surface area contributed by atoms with Gasteiger partial charge in [-0.2, -0.15) is 0 Å². The van der Waals surface area contributed by atoms with Gasteiger partial charge in [-0.3, -0.25) is 14.4 Å². The topological polar surface area (TPSA) is 178 Å². The molecule has 1 fully saturated rings. The fourth-order valence-electron chi connectivity index (χ4n) is 5.22. The van der Waals surface area contributed by atoms with Gasteiger partial charge in [-0.15, -0.1) is 0 Å². The first-order valence-electron chi connectivity index (χ1n) is 9.78. The van der Waals surface area contributed by atoms with Crippen molar-refractivity contribution in [3.05, 3.63) is 45.7 Å². The van der Waals surface area contributed by atoms with Crippen LogP contribution in [-0.2, 0) is 20.0 Å². The van der Waals surface area contributed by atoms with Crippen LogP contribution in [0.3, 0.4) is 0 Å². The molecule has 5 atom stereocenters. The van der Waals surface area contributed by atoms with Crippen LogP contribution in [0.4, 0.5) is 0 Å². The highest BCUT2D eigenvalue weighted by Gasteiger charge is 2.65. The number of hydrogen-bond acceptors (Lipinski definition) is 9. The van der Waals surface area contributed by atoms with E-state index in [-0.39, 0.29) is 23.3 Å². The van der Waals surface area contributed by atoms with Crippen molar-refractivity contribution >= 4 is 23.1 Å².